The van der Waals surface area contributed by atoms with E-state index in [1.54, 1.807) is 22.5 Å². The van der Waals surface area contributed by atoms with Gasteiger partial charge in [0.1, 0.15) is 22.1 Å². The number of nitrogens with zero attached hydrogens (tertiary/aromatic N) is 5. The van der Waals surface area contributed by atoms with E-state index in [0.29, 0.717) is 29.6 Å². The molecule has 4 aromatic rings. The van der Waals surface area contributed by atoms with Gasteiger partial charge in [-0.25, -0.2) is 18.7 Å². The standard InChI is InChI=1S/C30H39N7O3S/c1-9-11-15-22-20(10-2)13-12-14-21(22)17-37-25(27-31-23(18-35(27)8)41(40)34-30(5,6)7)24-26(33-37)36(16-19(3)4)29(39)32-28(24)38/h10-15,18-19,34H,2,9,16-17H2,1,3-8H3,(H,32,38,39)/b15-11-. The van der Waals surface area contributed by atoms with Crippen LogP contribution in [0.1, 0.15) is 64.7 Å². The first kappa shape index (κ1) is 30.1. The molecule has 218 valence electrons. The molecule has 0 spiro atoms. The summed E-state index contributed by atoms with van der Waals surface area (Å²) < 4.78 is 21.1. The average molecular weight is 578 g/mol. The van der Waals surface area contributed by atoms with Crippen molar-refractivity contribution in [1.29, 1.82) is 0 Å². The third-order valence-corrected chi connectivity index (χ3v) is 7.75. The van der Waals surface area contributed by atoms with Crippen molar-refractivity contribution in [1.82, 2.24) is 33.6 Å². The summed E-state index contributed by atoms with van der Waals surface area (Å²) in [6.45, 7) is 16.5. The molecular weight excluding hydrogens is 538 g/mol. The zero-order valence-electron chi connectivity index (χ0n) is 24.8. The first-order valence-corrected chi connectivity index (χ1v) is 14.9. The highest BCUT2D eigenvalue weighted by Crippen LogP contribution is 2.29. The van der Waals surface area contributed by atoms with Gasteiger partial charge in [-0.2, -0.15) is 5.10 Å². The number of aryl methyl sites for hydroxylation is 1. The van der Waals surface area contributed by atoms with Gasteiger partial charge in [0.15, 0.2) is 16.5 Å². The van der Waals surface area contributed by atoms with Crippen LogP contribution < -0.4 is 16.0 Å². The molecule has 4 rings (SSSR count). The molecule has 1 atom stereocenters. The van der Waals surface area contributed by atoms with E-state index in [9.17, 15) is 13.8 Å². The van der Waals surface area contributed by atoms with E-state index in [1.807, 2.05) is 58.9 Å². The van der Waals surface area contributed by atoms with Gasteiger partial charge in [-0.05, 0) is 49.8 Å². The maximum absolute atomic E-state index is 13.4. The Morgan fingerprint density at radius 3 is 2.59 bits per heavy atom. The molecule has 2 N–H and O–H groups in total. The maximum atomic E-state index is 13.4. The molecule has 1 aromatic carbocycles. The lowest BCUT2D eigenvalue weighted by molar-refractivity contribution is 0.510. The lowest BCUT2D eigenvalue weighted by Crippen LogP contribution is -2.37. The Balaban J connectivity index is 2.02. The first-order chi connectivity index (χ1) is 19.3. The smallest absolute Gasteiger partial charge is 0.330 e. The molecular formula is C30H39N7O3S. The highest BCUT2D eigenvalue weighted by atomic mass is 32.2. The van der Waals surface area contributed by atoms with Crippen molar-refractivity contribution in [2.24, 2.45) is 13.0 Å². The Bertz CT molecular complexity index is 1760. The minimum atomic E-state index is -1.59. The molecule has 0 saturated carbocycles. The lowest BCUT2D eigenvalue weighted by Gasteiger charge is -2.18. The number of nitrogens with one attached hydrogen (secondary N) is 2. The van der Waals surface area contributed by atoms with Crippen LogP contribution in [0.15, 0.2) is 51.7 Å². The fraction of sp³-hybridized carbons (Fsp3) is 0.400. The number of aromatic amines is 1. The Hall–Kier alpha value is -3.83. The Kier molecular flexibility index (Phi) is 8.79. The SMILES string of the molecule is C=Cc1cccc(Cn2nc3c(c2-c2nc(S(=O)NC(C)(C)C)cn2C)c(=O)[nH]c(=O)n3CC(C)C)c1/C=C\CC. The molecule has 10 nitrogen and oxygen atoms in total. The predicted octanol–water partition coefficient (Wildman–Crippen LogP) is 4.47. The predicted molar refractivity (Wildman–Crippen MR) is 166 cm³/mol. The van der Waals surface area contributed by atoms with Crippen LogP contribution in [0.4, 0.5) is 0 Å². The molecule has 0 aliphatic heterocycles. The second-order valence-electron chi connectivity index (χ2n) is 11.5. The van der Waals surface area contributed by atoms with Gasteiger partial charge in [0.25, 0.3) is 5.56 Å². The number of hydrogen-bond donors (Lipinski definition) is 2. The molecule has 3 aromatic heterocycles. The van der Waals surface area contributed by atoms with Crippen LogP contribution in [-0.4, -0.2) is 38.6 Å². The van der Waals surface area contributed by atoms with Crippen molar-refractivity contribution in [2.75, 3.05) is 0 Å². The van der Waals surface area contributed by atoms with Gasteiger partial charge in [-0.3, -0.25) is 19.0 Å². The highest BCUT2D eigenvalue weighted by molar-refractivity contribution is 7.83. The van der Waals surface area contributed by atoms with Crippen molar-refractivity contribution in [3.05, 3.63) is 74.6 Å². The van der Waals surface area contributed by atoms with E-state index >= 15 is 0 Å². The van der Waals surface area contributed by atoms with Crippen LogP contribution in [0, 0.1) is 5.92 Å². The fourth-order valence-electron chi connectivity index (χ4n) is 4.67. The molecule has 0 amide bonds. The minimum absolute atomic E-state index is 0.135. The summed E-state index contributed by atoms with van der Waals surface area (Å²) >= 11 is 0. The Labute approximate surface area is 242 Å². The van der Waals surface area contributed by atoms with Crippen LogP contribution in [0.25, 0.3) is 34.7 Å². The van der Waals surface area contributed by atoms with Crippen LogP contribution >= 0.6 is 0 Å². The van der Waals surface area contributed by atoms with Crippen LogP contribution in [0.3, 0.4) is 0 Å². The second kappa shape index (κ2) is 12.0. The topological polar surface area (TPSA) is 120 Å². The summed E-state index contributed by atoms with van der Waals surface area (Å²) in [6.07, 6.45) is 8.51. The summed E-state index contributed by atoms with van der Waals surface area (Å²) in [7, 11) is 0.199. The minimum Gasteiger partial charge on any atom is -0.331 e. The number of allylic oxidation sites excluding steroid dienone is 1. The van der Waals surface area contributed by atoms with Gasteiger partial charge in [0, 0.05) is 25.3 Å². The quantitative estimate of drug-likeness (QED) is 0.288. The molecule has 0 bridgehead atoms. The van der Waals surface area contributed by atoms with E-state index in [0.717, 1.165) is 23.1 Å². The van der Waals surface area contributed by atoms with Gasteiger partial charge >= 0.3 is 5.69 Å². The van der Waals surface area contributed by atoms with Crippen LogP contribution in [0.5, 0.6) is 0 Å². The molecule has 11 heteroatoms. The third kappa shape index (κ3) is 6.41. The average Bonchev–Trinajstić information content (AvgIpc) is 3.45. The number of H-pyrrole nitrogens is 1. The summed E-state index contributed by atoms with van der Waals surface area (Å²) in [6, 6.07) is 5.97. The van der Waals surface area contributed by atoms with Crippen molar-refractivity contribution < 1.29 is 4.21 Å². The van der Waals surface area contributed by atoms with Gasteiger partial charge in [0.05, 0.1) is 6.54 Å². The number of benzene rings is 1. The molecule has 3 heterocycles. The van der Waals surface area contributed by atoms with Crippen molar-refractivity contribution in [2.45, 2.75) is 71.6 Å². The Morgan fingerprint density at radius 1 is 1.22 bits per heavy atom. The molecule has 41 heavy (non-hydrogen) atoms. The van der Waals surface area contributed by atoms with Crippen molar-refractivity contribution in [3.63, 3.8) is 0 Å². The van der Waals surface area contributed by atoms with E-state index in [1.165, 1.54) is 4.57 Å². The molecule has 1 unspecified atom stereocenters. The second-order valence-corrected chi connectivity index (χ2v) is 12.7. The van der Waals surface area contributed by atoms with Crippen LogP contribution in [-0.2, 0) is 31.1 Å². The third-order valence-electron chi connectivity index (χ3n) is 6.38. The van der Waals surface area contributed by atoms with Gasteiger partial charge in [-0.15, -0.1) is 0 Å². The first-order valence-electron chi connectivity index (χ1n) is 13.7. The normalized spacial score (nSPS) is 13.1. The largest absolute Gasteiger partial charge is 0.331 e. The van der Waals surface area contributed by atoms with E-state index in [4.69, 9.17) is 10.1 Å². The van der Waals surface area contributed by atoms with Crippen molar-refractivity contribution in [3.8, 4) is 11.5 Å². The van der Waals surface area contributed by atoms with Crippen LogP contribution in [0.2, 0.25) is 0 Å². The Morgan fingerprint density at radius 2 is 1.95 bits per heavy atom. The maximum Gasteiger partial charge on any atom is 0.330 e. The molecule has 0 aliphatic rings. The zero-order valence-corrected chi connectivity index (χ0v) is 25.6. The lowest BCUT2D eigenvalue weighted by atomic mass is 10.00. The van der Waals surface area contributed by atoms with E-state index in [2.05, 4.69) is 35.4 Å². The summed E-state index contributed by atoms with van der Waals surface area (Å²) in [5, 5.41) is 5.44. The monoisotopic (exact) mass is 577 g/mol. The number of imidazole rings is 1. The number of rotatable bonds is 10. The molecule has 0 radical (unpaired) electrons. The zero-order chi connectivity index (χ0) is 30.1. The van der Waals surface area contributed by atoms with Gasteiger partial charge in [0.2, 0.25) is 0 Å². The summed E-state index contributed by atoms with van der Waals surface area (Å²) in [5.74, 6) is 0.549. The number of aromatic nitrogens is 6. The number of fused-ring (bicyclic) bond motifs is 1. The summed E-state index contributed by atoms with van der Waals surface area (Å²) in [5.41, 5.74) is 2.20. The number of hydrogen-bond acceptors (Lipinski definition) is 5. The summed E-state index contributed by atoms with van der Waals surface area (Å²) in [4.78, 5) is 33.5. The van der Waals surface area contributed by atoms with E-state index < -0.39 is 27.8 Å². The van der Waals surface area contributed by atoms with E-state index in [-0.39, 0.29) is 17.0 Å². The van der Waals surface area contributed by atoms with Gasteiger partial charge < -0.3 is 4.57 Å². The molecule has 0 aliphatic carbocycles. The highest BCUT2D eigenvalue weighted by Gasteiger charge is 2.26. The van der Waals surface area contributed by atoms with Crippen molar-refractivity contribution >= 4 is 34.2 Å². The molecule has 0 fully saturated rings. The van der Waals surface area contributed by atoms with Gasteiger partial charge in [-0.1, -0.05) is 63.8 Å². The molecule has 0 saturated heterocycles. The fourth-order valence-corrected chi connectivity index (χ4v) is 5.76.